The quantitative estimate of drug-likeness (QED) is 0.868. The second kappa shape index (κ2) is 5.01. The number of ether oxygens (including phenoxy) is 1. The molecule has 2 aromatic rings. The van der Waals surface area contributed by atoms with E-state index in [1.807, 2.05) is 37.6 Å². The van der Waals surface area contributed by atoms with E-state index in [1.54, 1.807) is 11.8 Å². The molecule has 2 N–H and O–H groups in total. The highest BCUT2D eigenvalue weighted by molar-refractivity contribution is 5.36. The highest BCUT2D eigenvalue weighted by Crippen LogP contribution is 2.25. The third kappa shape index (κ3) is 2.47. The molecule has 1 atom stereocenters. The number of benzene rings is 1. The SMILES string of the molecule is COc1cccc(C(CN)c2cnn(C)c2)c1. The normalized spacial score (nSPS) is 12.4. The van der Waals surface area contributed by atoms with Gasteiger partial charge in [0.15, 0.2) is 0 Å². The van der Waals surface area contributed by atoms with Gasteiger partial charge in [0.2, 0.25) is 0 Å². The molecule has 0 aliphatic heterocycles. The van der Waals surface area contributed by atoms with Crippen LogP contribution in [0.4, 0.5) is 0 Å². The summed E-state index contributed by atoms with van der Waals surface area (Å²) in [5.41, 5.74) is 8.14. The molecule has 0 spiro atoms. The molecule has 1 aromatic carbocycles. The van der Waals surface area contributed by atoms with Gasteiger partial charge in [-0.15, -0.1) is 0 Å². The van der Waals surface area contributed by atoms with Gasteiger partial charge in [0, 0.05) is 25.7 Å². The van der Waals surface area contributed by atoms with Crippen molar-refractivity contribution in [2.75, 3.05) is 13.7 Å². The van der Waals surface area contributed by atoms with Gasteiger partial charge >= 0.3 is 0 Å². The lowest BCUT2D eigenvalue weighted by atomic mass is 9.93. The summed E-state index contributed by atoms with van der Waals surface area (Å²) >= 11 is 0. The van der Waals surface area contributed by atoms with Crippen LogP contribution in [-0.4, -0.2) is 23.4 Å². The maximum Gasteiger partial charge on any atom is 0.119 e. The minimum Gasteiger partial charge on any atom is -0.497 e. The van der Waals surface area contributed by atoms with Crippen LogP contribution in [0.25, 0.3) is 0 Å². The van der Waals surface area contributed by atoms with Gasteiger partial charge < -0.3 is 10.5 Å². The van der Waals surface area contributed by atoms with Crippen LogP contribution >= 0.6 is 0 Å². The standard InChI is InChI=1S/C13H17N3O/c1-16-9-11(8-15-16)13(7-14)10-4-3-5-12(6-10)17-2/h3-6,8-9,13H,7,14H2,1-2H3. The van der Waals surface area contributed by atoms with E-state index in [0.29, 0.717) is 6.54 Å². The van der Waals surface area contributed by atoms with Crippen LogP contribution in [0.5, 0.6) is 5.75 Å². The Balaban J connectivity index is 2.34. The van der Waals surface area contributed by atoms with Gasteiger partial charge in [0.1, 0.15) is 5.75 Å². The molecule has 0 saturated carbocycles. The van der Waals surface area contributed by atoms with Crippen molar-refractivity contribution in [2.45, 2.75) is 5.92 Å². The van der Waals surface area contributed by atoms with E-state index in [1.165, 1.54) is 0 Å². The van der Waals surface area contributed by atoms with E-state index in [0.717, 1.165) is 16.9 Å². The van der Waals surface area contributed by atoms with Gasteiger partial charge in [-0.3, -0.25) is 4.68 Å². The monoisotopic (exact) mass is 231 g/mol. The van der Waals surface area contributed by atoms with Crippen molar-refractivity contribution in [1.29, 1.82) is 0 Å². The molecule has 0 bridgehead atoms. The van der Waals surface area contributed by atoms with Crippen LogP contribution in [0.15, 0.2) is 36.7 Å². The number of rotatable bonds is 4. The molecule has 0 saturated heterocycles. The first-order valence-corrected chi connectivity index (χ1v) is 5.57. The van der Waals surface area contributed by atoms with E-state index >= 15 is 0 Å². The number of hydrogen-bond acceptors (Lipinski definition) is 3. The van der Waals surface area contributed by atoms with Gasteiger partial charge in [0.05, 0.1) is 13.3 Å². The lowest BCUT2D eigenvalue weighted by Gasteiger charge is -2.14. The zero-order chi connectivity index (χ0) is 12.3. The van der Waals surface area contributed by atoms with Gasteiger partial charge in [-0.2, -0.15) is 5.10 Å². The second-order valence-electron chi connectivity index (χ2n) is 4.01. The molecule has 0 aliphatic rings. The lowest BCUT2D eigenvalue weighted by molar-refractivity contribution is 0.414. The Morgan fingerprint density at radius 2 is 2.24 bits per heavy atom. The molecule has 17 heavy (non-hydrogen) atoms. The number of methoxy groups -OCH3 is 1. The van der Waals surface area contributed by atoms with Crippen molar-refractivity contribution in [3.8, 4) is 5.75 Å². The summed E-state index contributed by atoms with van der Waals surface area (Å²) in [5.74, 6) is 1.02. The van der Waals surface area contributed by atoms with Gasteiger partial charge in [-0.05, 0) is 23.3 Å². The predicted molar refractivity (Wildman–Crippen MR) is 67.1 cm³/mol. The van der Waals surface area contributed by atoms with E-state index in [-0.39, 0.29) is 5.92 Å². The van der Waals surface area contributed by atoms with E-state index < -0.39 is 0 Å². The van der Waals surface area contributed by atoms with Gasteiger partial charge in [0.25, 0.3) is 0 Å². The maximum absolute atomic E-state index is 5.86. The Hall–Kier alpha value is -1.81. The number of nitrogens with two attached hydrogens (primary N) is 1. The topological polar surface area (TPSA) is 53.1 Å². The van der Waals surface area contributed by atoms with Crippen molar-refractivity contribution in [1.82, 2.24) is 9.78 Å². The summed E-state index contributed by atoms with van der Waals surface area (Å²) in [7, 11) is 3.57. The molecule has 1 aromatic heterocycles. The second-order valence-corrected chi connectivity index (χ2v) is 4.01. The molecule has 1 heterocycles. The molecule has 0 radical (unpaired) electrons. The summed E-state index contributed by atoms with van der Waals surface area (Å²) in [5, 5.41) is 4.18. The first-order valence-electron chi connectivity index (χ1n) is 5.57. The van der Waals surface area contributed by atoms with E-state index in [9.17, 15) is 0 Å². The average molecular weight is 231 g/mol. The van der Waals surface area contributed by atoms with Crippen molar-refractivity contribution < 1.29 is 4.74 Å². The molecule has 0 fully saturated rings. The molecule has 0 aliphatic carbocycles. The largest absolute Gasteiger partial charge is 0.497 e. The highest BCUT2D eigenvalue weighted by Gasteiger charge is 2.14. The summed E-state index contributed by atoms with van der Waals surface area (Å²) in [6, 6.07) is 7.99. The van der Waals surface area contributed by atoms with Crippen LogP contribution in [-0.2, 0) is 7.05 Å². The Morgan fingerprint density at radius 3 is 2.82 bits per heavy atom. The minimum absolute atomic E-state index is 0.166. The molecule has 1 unspecified atom stereocenters. The minimum atomic E-state index is 0.166. The summed E-state index contributed by atoms with van der Waals surface area (Å²) in [6.45, 7) is 0.554. The van der Waals surface area contributed by atoms with E-state index in [2.05, 4.69) is 11.2 Å². The average Bonchev–Trinajstić information content (AvgIpc) is 2.77. The summed E-state index contributed by atoms with van der Waals surface area (Å²) in [6.07, 6.45) is 3.86. The molecule has 4 nitrogen and oxygen atoms in total. The van der Waals surface area contributed by atoms with Crippen LogP contribution in [0.2, 0.25) is 0 Å². The zero-order valence-corrected chi connectivity index (χ0v) is 10.1. The fourth-order valence-electron chi connectivity index (χ4n) is 1.94. The highest BCUT2D eigenvalue weighted by atomic mass is 16.5. The zero-order valence-electron chi connectivity index (χ0n) is 10.1. The number of nitrogens with zero attached hydrogens (tertiary/aromatic N) is 2. The van der Waals surface area contributed by atoms with E-state index in [4.69, 9.17) is 10.5 Å². The third-order valence-electron chi connectivity index (χ3n) is 2.86. The van der Waals surface area contributed by atoms with Crippen molar-refractivity contribution in [3.63, 3.8) is 0 Å². The van der Waals surface area contributed by atoms with Crippen molar-refractivity contribution in [3.05, 3.63) is 47.8 Å². The van der Waals surface area contributed by atoms with Crippen LogP contribution < -0.4 is 10.5 Å². The van der Waals surface area contributed by atoms with Gasteiger partial charge in [-0.1, -0.05) is 12.1 Å². The molecular weight excluding hydrogens is 214 g/mol. The Morgan fingerprint density at radius 1 is 1.41 bits per heavy atom. The number of aryl methyl sites for hydroxylation is 1. The number of hydrogen-bond donors (Lipinski definition) is 1. The van der Waals surface area contributed by atoms with Gasteiger partial charge in [-0.25, -0.2) is 0 Å². The Kier molecular flexibility index (Phi) is 3.44. The molecular formula is C13H17N3O. The third-order valence-corrected chi connectivity index (χ3v) is 2.86. The van der Waals surface area contributed by atoms with Crippen LogP contribution in [0.1, 0.15) is 17.0 Å². The maximum atomic E-state index is 5.86. The molecule has 4 heteroatoms. The molecule has 0 amide bonds. The fraction of sp³-hybridized carbons (Fsp3) is 0.308. The first-order chi connectivity index (χ1) is 8.24. The lowest BCUT2D eigenvalue weighted by Crippen LogP contribution is -2.13. The smallest absolute Gasteiger partial charge is 0.119 e. The number of aromatic nitrogens is 2. The predicted octanol–water partition coefficient (Wildman–Crippen LogP) is 1.52. The first kappa shape index (κ1) is 11.7. The summed E-state index contributed by atoms with van der Waals surface area (Å²) in [4.78, 5) is 0. The molecule has 90 valence electrons. The van der Waals surface area contributed by atoms with Crippen molar-refractivity contribution >= 4 is 0 Å². The Bertz CT molecular complexity index is 493. The Labute approximate surface area is 101 Å². The molecule has 2 rings (SSSR count). The fourth-order valence-corrected chi connectivity index (χ4v) is 1.94. The van der Waals surface area contributed by atoms with Crippen LogP contribution in [0.3, 0.4) is 0 Å². The van der Waals surface area contributed by atoms with Crippen LogP contribution in [0, 0.1) is 0 Å². The van der Waals surface area contributed by atoms with Crippen molar-refractivity contribution in [2.24, 2.45) is 12.8 Å². The summed E-state index contributed by atoms with van der Waals surface area (Å²) < 4.78 is 7.02.